The van der Waals surface area contributed by atoms with E-state index in [0.717, 1.165) is 5.92 Å². The normalized spacial score (nSPS) is 13.1. The Hall–Kier alpha value is -2.22. The average Bonchev–Trinajstić information content (AvgIpc) is 3.72. The molecule has 2 radical (unpaired) electrons. The summed E-state index contributed by atoms with van der Waals surface area (Å²) in [6.07, 6.45) is 8.14. The van der Waals surface area contributed by atoms with Crippen LogP contribution in [-0.4, -0.2) is 6.88 Å². The van der Waals surface area contributed by atoms with Crippen molar-refractivity contribution in [1.29, 1.82) is 0 Å². The fraction of sp³-hybridized carbons (Fsp3) is 0.319. The molecule has 51 heavy (non-hydrogen) atoms. The Balaban J connectivity index is 0.000000461. The van der Waals surface area contributed by atoms with Crippen LogP contribution in [0.2, 0.25) is 0 Å². The molecule has 0 aliphatic heterocycles. The van der Waals surface area contributed by atoms with E-state index in [9.17, 15) is 0 Å². The van der Waals surface area contributed by atoms with Gasteiger partial charge in [-0.15, -0.1) is 93.9 Å². The first-order chi connectivity index (χ1) is 22.7. The van der Waals surface area contributed by atoms with E-state index in [4.69, 9.17) is 0 Å². The molecular formula is C47H58Cl2SiZr-4. The van der Waals surface area contributed by atoms with Crippen molar-refractivity contribution >= 4 is 53.2 Å². The summed E-state index contributed by atoms with van der Waals surface area (Å²) in [5.41, 5.74) is 11.3. The molecule has 1 fully saturated rings. The van der Waals surface area contributed by atoms with E-state index in [1.807, 2.05) is 0 Å². The number of benzene rings is 4. The zero-order valence-electron chi connectivity index (χ0n) is 32.1. The maximum absolute atomic E-state index is 3.06. The third-order valence-electron chi connectivity index (χ3n) is 10.2. The number of aryl methyl sites for hydroxylation is 1. The molecule has 1 saturated carbocycles. The maximum atomic E-state index is 3.06. The van der Waals surface area contributed by atoms with Crippen molar-refractivity contribution in [2.75, 3.05) is 0 Å². The monoisotopic (exact) mass is 810 g/mol. The van der Waals surface area contributed by atoms with E-state index >= 15 is 0 Å². The molecule has 0 amide bonds. The average molecular weight is 813 g/mol. The third-order valence-corrected chi connectivity index (χ3v) is 10.2. The van der Waals surface area contributed by atoms with Gasteiger partial charge < -0.3 is 14.9 Å². The fourth-order valence-corrected chi connectivity index (χ4v) is 7.19. The van der Waals surface area contributed by atoms with Crippen molar-refractivity contribution in [2.45, 2.75) is 97.3 Å². The first-order valence-electron chi connectivity index (χ1n) is 17.5. The Morgan fingerprint density at radius 1 is 0.706 bits per heavy atom. The van der Waals surface area contributed by atoms with Gasteiger partial charge in [-0.25, -0.2) is 0 Å². The summed E-state index contributed by atoms with van der Waals surface area (Å²) in [5.74, 6) is 1.42. The molecular weight excluding hydrogens is 755 g/mol. The van der Waals surface area contributed by atoms with Gasteiger partial charge in [-0.2, -0.15) is 12.1 Å². The van der Waals surface area contributed by atoms with E-state index in [0.29, 0.717) is 5.92 Å². The summed E-state index contributed by atoms with van der Waals surface area (Å²) in [6, 6.07) is 41.0. The van der Waals surface area contributed by atoms with Gasteiger partial charge in [-0.1, -0.05) is 133 Å². The van der Waals surface area contributed by atoms with Crippen LogP contribution in [0.15, 0.2) is 109 Å². The van der Waals surface area contributed by atoms with E-state index in [1.54, 1.807) is 5.56 Å². The Morgan fingerprint density at radius 2 is 1.20 bits per heavy atom. The van der Waals surface area contributed by atoms with E-state index in [2.05, 4.69) is 158 Å². The first-order valence-corrected chi connectivity index (χ1v) is 21.7. The molecule has 0 heterocycles. The van der Waals surface area contributed by atoms with Crippen LogP contribution in [0.3, 0.4) is 0 Å². The van der Waals surface area contributed by atoms with Crippen LogP contribution in [0.4, 0.5) is 0 Å². The predicted octanol–water partition coefficient (Wildman–Crippen LogP) is 15.0. The van der Waals surface area contributed by atoms with Crippen LogP contribution in [-0.2, 0) is 28.8 Å². The van der Waals surface area contributed by atoms with Crippen LogP contribution in [0, 0.1) is 21.8 Å². The molecule has 4 heteroatoms. The van der Waals surface area contributed by atoms with Gasteiger partial charge in [0.05, 0.1) is 0 Å². The number of hydrogen-bond donors (Lipinski definition) is 0. The number of hydrogen-bond acceptors (Lipinski definition) is 0. The molecule has 6 aromatic carbocycles. The van der Waals surface area contributed by atoms with Gasteiger partial charge in [-0.05, 0) is 58.8 Å². The Labute approximate surface area is 340 Å². The molecule has 1 atom stereocenters. The van der Waals surface area contributed by atoms with E-state index in [1.165, 1.54) is 122 Å². The van der Waals surface area contributed by atoms with Crippen LogP contribution >= 0.6 is 24.8 Å². The fourth-order valence-electron chi connectivity index (χ4n) is 7.19. The molecule has 272 valence electrons. The molecule has 1 unspecified atom stereocenters. The number of halogens is 2. The molecule has 6 aromatic rings. The van der Waals surface area contributed by atoms with Crippen molar-refractivity contribution in [3.63, 3.8) is 0 Å². The standard InChI is InChI=1S/C25H29.C20H21.2CH3.2ClH.Si.Zr/c1-25(2,3)22-14-12-19(13-15-22)23-11-7-10-20-16-21(17-24(20)23)18-8-5-4-6-9-18;1-4-15(3)16-8-10-17(11-9-16)19-7-5-6-18-12-14(2)13-20(18)19;;;;;;/h7,10-18H,4-6,8-9H2,1-3H3;5-13,15H,4H2,1-3H3;2*1H3;2*1H;;/q4*-1;;;;. The molecule has 0 aromatic heterocycles. The quantitative estimate of drug-likeness (QED) is 0.120. The SMILES string of the molecule is CC(C)(C)c1ccc(-c2cccc3[cH-]c(C4CCCCC4)cc23)cc1.CCC(C)c1ccc(-c2cccc3[cH-]c(C)cc23)cc1.Cl.Cl.[CH3-].[CH3-].[Si]=[Zr]. The molecule has 0 saturated heterocycles. The van der Waals surface area contributed by atoms with Crippen LogP contribution in [0.5, 0.6) is 0 Å². The summed E-state index contributed by atoms with van der Waals surface area (Å²) in [7, 11) is 0. The van der Waals surface area contributed by atoms with Gasteiger partial charge in [0, 0.05) is 0 Å². The Bertz CT molecular complexity index is 1880. The van der Waals surface area contributed by atoms with Crippen molar-refractivity contribution in [1.82, 2.24) is 0 Å². The minimum absolute atomic E-state index is 0. The summed E-state index contributed by atoms with van der Waals surface area (Å²) in [5, 5.41) is 5.52. The molecule has 0 bridgehead atoms. The van der Waals surface area contributed by atoms with Gasteiger partial charge >= 0.3 is 30.2 Å². The topological polar surface area (TPSA) is 0 Å². The second kappa shape index (κ2) is 21.5. The molecule has 0 nitrogen and oxygen atoms in total. The Kier molecular flexibility index (Phi) is 19.7. The van der Waals surface area contributed by atoms with Gasteiger partial charge in [-0.3, -0.25) is 0 Å². The van der Waals surface area contributed by atoms with Crippen LogP contribution < -0.4 is 0 Å². The van der Waals surface area contributed by atoms with Gasteiger partial charge in [0.1, 0.15) is 0 Å². The summed E-state index contributed by atoms with van der Waals surface area (Å²) in [6.45, 7) is 16.6. The number of rotatable bonds is 5. The van der Waals surface area contributed by atoms with Crippen LogP contribution in [0.25, 0.3) is 43.8 Å². The Morgan fingerprint density at radius 3 is 1.71 bits per heavy atom. The molecule has 1 aliphatic rings. The van der Waals surface area contributed by atoms with Crippen molar-refractivity contribution in [2.24, 2.45) is 0 Å². The van der Waals surface area contributed by atoms with E-state index in [-0.39, 0.29) is 45.1 Å². The second-order valence-electron chi connectivity index (χ2n) is 14.5. The van der Waals surface area contributed by atoms with Gasteiger partial charge in [0.25, 0.3) is 0 Å². The first kappa shape index (κ1) is 46.8. The summed E-state index contributed by atoms with van der Waals surface area (Å²) < 4.78 is 0. The summed E-state index contributed by atoms with van der Waals surface area (Å²) >= 11 is 1.36. The minimum atomic E-state index is 0. The third kappa shape index (κ3) is 11.4. The van der Waals surface area contributed by atoms with Gasteiger partial charge in [0.2, 0.25) is 0 Å². The number of fused-ring (bicyclic) bond motifs is 2. The predicted molar refractivity (Wildman–Crippen MR) is 231 cm³/mol. The molecule has 7 rings (SSSR count). The van der Waals surface area contributed by atoms with Crippen molar-refractivity contribution in [3.8, 4) is 22.3 Å². The zero-order valence-corrected chi connectivity index (χ0v) is 37.2. The molecule has 1 aliphatic carbocycles. The second-order valence-corrected chi connectivity index (χ2v) is 14.5. The zero-order chi connectivity index (χ0) is 33.6. The molecule has 0 spiro atoms. The summed E-state index contributed by atoms with van der Waals surface area (Å²) in [4.78, 5) is 0. The van der Waals surface area contributed by atoms with Crippen molar-refractivity contribution < 1.29 is 23.3 Å². The molecule has 0 N–H and O–H groups in total. The van der Waals surface area contributed by atoms with Gasteiger partial charge in [0.15, 0.2) is 0 Å². The van der Waals surface area contributed by atoms with E-state index < -0.39 is 0 Å². The van der Waals surface area contributed by atoms with Crippen molar-refractivity contribution in [3.05, 3.63) is 146 Å². The van der Waals surface area contributed by atoms with Crippen LogP contribution in [0.1, 0.15) is 107 Å².